The van der Waals surface area contributed by atoms with Gasteiger partial charge in [-0.2, -0.15) is 0 Å². The predicted molar refractivity (Wildman–Crippen MR) is 68.9 cm³/mol. The van der Waals surface area contributed by atoms with Gasteiger partial charge in [0, 0.05) is 19.0 Å². The van der Waals surface area contributed by atoms with Gasteiger partial charge in [0.1, 0.15) is 5.60 Å². The predicted octanol–water partition coefficient (Wildman–Crippen LogP) is 1.75. The fourth-order valence-electron chi connectivity index (χ4n) is 2.37. The van der Waals surface area contributed by atoms with E-state index < -0.39 is 5.60 Å². The number of likely N-dealkylation sites (tertiary alicyclic amines) is 1. The molecule has 1 saturated heterocycles. The van der Waals surface area contributed by atoms with Crippen molar-refractivity contribution in [1.82, 2.24) is 4.90 Å². The second-order valence-electron chi connectivity index (χ2n) is 5.89. The normalized spacial score (nSPS) is 21.8. The largest absolute Gasteiger partial charge is 0.444 e. The van der Waals surface area contributed by atoms with Crippen LogP contribution in [0.3, 0.4) is 0 Å². The Balaban J connectivity index is 2.55. The summed E-state index contributed by atoms with van der Waals surface area (Å²) < 4.78 is 5.31. The first kappa shape index (κ1) is 14.8. The molecule has 2 amide bonds. The van der Waals surface area contributed by atoms with Crippen molar-refractivity contribution in [2.24, 2.45) is 17.6 Å². The van der Waals surface area contributed by atoms with Crippen LogP contribution in [-0.4, -0.2) is 35.6 Å². The van der Waals surface area contributed by atoms with E-state index in [2.05, 4.69) is 0 Å². The molecule has 0 radical (unpaired) electrons. The molecule has 1 aliphatic heterocycles. The van der Waals surface area contributed by atoms with Crippen molar-refractivity contribution in [2.75, 3.05) is 13.1 Å². The van der Waals surface area contributed by atoms with E-state index in [-0.39, 0.29) is 23.8 Å². The lowest BCUT2D eigenvalue weighted by molar-refractivity contribution is -0.123. The van der Waals surface area contributed by atoms with Crippen molar-refractivity contribution < 1.29 is 14.3 Å². The third-order valence-electron chi connectivity index (χ3n) is 3.25. The first-order valence-corrected chi connectivity index (χ1v) is 6.52. The zero-order valence-corrected chi connectivity index (χ0v) is 11.7. The molecule has 0 aromatic carbocycles. The molecule has 0 aliphatic carbocycles. The lowest BCUT2D eigenvalue weighted by atomic mass is 9.89. The van der Waals surface area contributed by atoms with E-state index >= 15 is 0 Å². The van der Waals surface area contributed by atoms with Crippen LogP contribution in [0.25, 0.3) is 0 Å². The Labute approximate surface area is 109 Å². The van der Waals surface area contributed by atoms with E-state index in [4.69, 9.17) is 10.5 Å². The van der Waals surface area contributed by atoms with Crippen molar-refractivity contribution in [3.63, 3.8) is 0 Å². The Morgan fingerprint density at radius 1 is 1.44 bits per heavy atom. The molecule has 1 aliphatic rings. The number of primary amides is 1. The third kappa shape index (κ3) is 3.89. The number of carbonyl (C=O) groups is 2. The lowest BCUT2D eigenvalue weighted by Gasteiger charge is -2.25. The maximum atomic E-state index is 11.9. The van der Waals surface area contributed by atoms with Crippen LogP contribution in [0.2, 0.25) is 0 Å². The van der Waals surface area contributed by atoms with E-state index in [9.17, 15) is 9.59 Å². The lowest BCUT2D eigenvalue weighted by Crippen LogP contribution is -2.37. The molecule has 0 bridgehead atoms. The first-order valence-electron chi connectivity index (χ1n) is 6.52. The van der Waals surface area contributed by atoms with Gasteiger partial charge in [-0.1, -0.05) is 6.92 Å². The summed E-state index contributed by atoms with van der Waals surface area (Å²) in [6.45, 7) is 8.69. The quantitative estimate of drug-likeness (QED) is 0.836. The fourth-order valence-corrected chi connectivity index (χ4v) is 2.37. The minimum Gasteiger partial charge on any atom is -0.444 e. The molecule has 1 heterocycles. The number of carbonyl (C=O) groups excluding carboxylic acids is 2. The van der Waals surface area contributed by atoms with Crippen molar-refractivity contribution >= 4 is 12.0 Å². The van der Waals surface area contributed by atoms with Crippen LogP contribution in [-0.2, 0) is 9.53 Å². The van der Waals surface area contributed by atoms with Crippen molar-refractivity contribution in [3.05, 3.63) is 0 Å². The molecule has 0 aromatic rings. The molecule has 0 aromatic heterocycles. The SMILES string of the molecule is CCC(C(N)=O)C1CCN(C(=O)OC(C)(C)C)C1. The summed E-state index contributed by atoms with van der Waals surface area (Å²) in [6, 6.07) is 0. The summed E-state index contributed by atoms with van der Waals surface area (Å²) in [5.74, 6) is -0.244. The van der Waals surface area contributed by atoms with E-state index in [1.807, 2.05) is 27.7 Å². The van der Waals surface area contributed by atoms with Gasteiger partial charge in [0.15, 0.2) is 0 Å². The molecule has 0 saturated carbocycles. The second kappa shape index (κ2) is 5.59. The minimum absolute atomic E-state index is 0.141. The van der Waals surface area contributed by atoms with Gasteiger partial charge >= 0.3 is 6.09 Å². The number of hydrogen-bond acceptors (Lipinski definition) is 3. The summed E-state index contributed by atoms with van der Waals surface area (Å²) in [6.07, 6.45) is 1.24. The maximum Gasteiger partial charge on any atom is 0.410 e. The van der Waals surface area contributed by atoms with Crippen LogP contribution in [0.15, 0.2) is 0 Å². The molecule has 0 spiro atoms. The van der Waals surface area contributed by atoms with Crippen LogP contribution in [0.5, 0.6) is 0 Å². The Morgan fingerprint density at radius 2 is 2.06 bits per heavy atom. The average Bonchev–Trinajstić information content (AvgIpc) is 2.64. The highest BCUT2D eigenvalue weighted by atomic mass is 16.6. The molecule has 1 rings (SSSR count). The van der Waals surface area contributed by atoms with Crippen LogP contribution in [0, 0.1) is 11.8 Å². The van der Waals surface area contributed by atoms with Crippen LogP contribution in [0.1, 0.15) is 40.5 Å². The van der Waals surface area contributed by atoms with Gasteiger partial charge in [-0.25, -0.2) is 4.79 Å². The number of nitrogens with two attached hydrogens (primary N) is 1. The molecule has 2 atom stereocenters. The monoisotopic (exact) mass is 256 g/mol. The standard InChI is InChI=1S/C13H24N2O3/c1-5-10(11(14)16)9-6-7-15(8-9)12(17)18-13(2,3)4/h9-10H,5-8H2,1-4H3,(H2,14,16). The van der Waals surface area contributed by atoms with Crippen molar-refractivity contribution in [1.29, 1.82) is 0 Å². The average molecular weight is 256 g/mol. The molecule has 18 heavy (non-hydrogen) atoms. The van der Waals surface area contributed by atoms with Gasteiger partial charge in [-0.05, 0) is 39.5 Å². The molecule has 1 fully saturated rings. The smallest absolute Gasteiger partial charge is 0.410 e. The molecular weight excluding hydrogens is 232 g/mol. The molecular formula is C13H24N2O3. The first-order chi connectivity index (χ1) is 8.24. The van der Waals surface area contributed by atoms with Gasteiger partial charge in [0.2, 0.25) is 5.91 Å². The highest BCUT2D eigenvalue weighted by Gasteiger charge is 2.35. The van der Waals surface area contributed by atoms with Crippen LogP contribution < -0.4 is 5.73 Å². The van der Waals surface area contributed by atoms with Crippen molar-refractivity contribution in [3.8, 4) is 0 Å². The summed E-state index contributed by atoms with van der Waals surface area (Å²) in [4.78, 5) is 24.9. The zero-order valence-electron chi connectivity index (χ0n) is 11.7. The van der Waals surface area contributed by atoms with E-state index in [0.717, 1.165) is 12.8 Å². The van der Waals surface area contributed by atoms with Gasteiger partial charge < -0.3 is 15.4 Å². The number of hydrogen-bond donors (Lipinski definition) is 1. The highest BCUT2D eigenvalue weighted by Crippen LogP contribution is 2.27. The van der Waals surface area contributed by atoms with Gasteiger partial charge in [-0.15, -0.1) is 0 Å². The summed E-state index contributed by atoms with van der Waals surface area (Å²) >= 11 is 0. The number of amides is 2. The zero-order chi connectivity index (χ0) is 13.9. The Bertz CT molecular complexity index is 323. The third-order valence-corrected chi connectivity index (χ3v) is 3.25. The highest BCUT2D eigenvalue weighted by molar-refractivity contribution is 5.77. The summed E-state index contributed by atoms with van der Waals surface area (Å²) in [7, 11) is 0. The second-order valence-corrected chi connectivity index (χ2v) is 5.89. The Morgan fingerprint density at radius 3 is 2.50 bits per heavy atom. The molecule has 5 nitrogen and oxygen atoms in total. The number of ether oxygens (including phenoxy) is 1. The van der Waals surface area contributed by atoms with E-state index in [1.165, 1.54) is 0 Å². The van der Waals surface area contributed by atoms with Crippen LogP contribution in [0.4, 0.5) is 4.79 Å². The van der Waals surface area contributed by atoms with Gasteiger partial charge in [-0.3, -0.25) is 4.79 Å². The minimum atomic E-state index is -0.483. The molecule has 2 N–H and O–H groups in total. The Hall–Kier alpha value is -1.26. The summed E-state index contributed by atoms with van der Waals surface area (Å²) in [5.41, 5.74) is 4.89. The Kier molecular flexibility index (Phi) is 4.59. The number of nitrogens with zero attached hydrogens (tertiary/aromatic N) is 1. The van der Waals surface area contributed by atoms with Gasteiger partial charge in [0.05, 0.1) is 0 Å². The molecule has 5 heteroatoms. The van der Waals surface area contributed by atoms with Crippen molar-refractivity contribution in [2.45, 2.75) is 46.1 Å². The molecule has 104 valence electrons. The van der Waals surface area contributed by atoms with E-state index in [1.54, 1.807) is 4.90 Å². The fraction of sp³-hybridized carbons (Fsp3) is 0.846. The van der Waals surface area contributed by atoms with E-state index in [0.29, 0.717) is 13.1 Å². The van der Waals surface area contributed by atoms with Crippen LogP contribution >= 0.6 is 0 Å². The topological polar surface area (TPSA) is 72.6 Å². The van der Waals surface area contributed by atoms with Gasteiger partial charge in [0.25, 0.3) is 0 Å². The summed E-state index contributed by atoms with van der Waals surface area (Å²) in [5, 5.41) is 0. The maximum absolute atomic E-state index is 11.9. The molecule has 2 unspecified atom stereocenters. The number of rotatable bonds is 3.